The van der Waals surface area contributed by atoms with Crippen LogP contribution in [0.25, 0.3) is 0 Å². The first-order chi connectivity index (χ1) is 6.16. The lowest BCUT2D eigenvalue weighted by atomic mass is 10.0. The minimum absolute atomic E-state index is 0.537. The molecular formula is C10H15NO2. The van der Waals surface area contributed by atoms with Gasteiger partial charge in [-0.05, 0) is 25.0 Å². The largest absolute Gasteiger partial charge is 0.390 e. The molecule has 2 atom stereocenters. The standard InChI is InChI=1S/C10H15NO2/c1-3-9(12)10(13)8-6-11-5-4-7(8)2/h4-6,9-10,12-13H,3H2,1-2H3. The third-order valence-electron chi connectivity index (χ3n) is 2.18. The predicted molar refractivity (Wildman–Crippen MR) is 50.2 cm³/mol. The van der Waals surface area contributed by atoms with Crippen LogP contribution in [0.1, 0.15) is 30.6 Å². The van der Waals surface area contributed by atoms with Crippen LogP contribution in [-0.2, 0) is 0 Å². The van der Waals surface area contributed by atoms with Crippen molar-refractivity contribution >= 4 is 0 Å². The first-order valence-electron chi connectivity index (χ1n) is 4.43. The molecule has 1 aromatic rings. The van der Waals surface area contributed by atoms with E-state index in [0.29, 0.717) is 12.0 Å². The minimum atomic E-state index is -0.821. The van der Waals surface area contributed by atoms with Crippen LogP contribution in [0, 0.1) is 6.92 Å². The lowest BCUT2D eigenvalue weighted by molar-refractivity contribution is 0.0159. The highest BCUT2D eigenvalue weighted by atomic mass is 16.3. The van der Waals surface area contributed by atoms with Crippen molar-refractivity contribution in [1.82, 2.24) is 4.98 Å². The van der Waals surface area contributed by atoms with Crippen LogP contribution in [0.15, 0.2) is 18.5 Å². The molecule has 0 amide bonds. The van der Waals surface area contributed by atoms with E-state index in [9.17, 15) is 10.2 Å². The molecule has 0 saturated carbocycles. The molecule has 1 aromatic heterocycles. The van der Waals surface area contributed by atoms with E-state index in [1.165, 1.54) is 0 Å². The van der Waals surface area contributed by atoms with Gasteiger partial charge in [-0.1, -0.05) is 6.92 Å². The van der Waals surface area contributed by atoms with Gasteiger partial charge in [0.25, 0.3) is 0 Å². The second-order valence-electron chi connectivity index (χ2n) is 3.15. The number of pyridine rings is 1. The van der Waals surface area contributed by atoms with Gasteiger partial charge in [0.05, 0.1) is 6.10 Å². The number of aliphatic hydroxyl groups is 2. The van der Waals surface area contributed by atoms with Gasteiger partial charge in [0.15, 0.2) is 0 Å². The zero-order chi connectivity index (χ0) is 9.84. The van der Waals surface area contributed by atoms with Crippen LogP contribution >= 0.6 is 0 Å². The van der Waals surface area contributed by atoms with Gasteiger partial charge < -0.3 is 10.2 Å². The van der Waals surface area contributed by atoms with Crippen LogP contribution in [-0.4, -0.2) is 21.3 Å². The molecule has 0 aliphatic carbocycles. The van der Waals surface area contributed by atoms with Gasteiger partial charge in [-0.3, -0.25) is 4.98 Å². The third-order valence-corrected chi connectivity index (χ3v) is 2.18. The lowest BCUT2D eigenvalue weighted by Crippen LogP contribution is -2.17. The van der Waals surface area contributed by atoms with E-state index in [2.05, 4.69) is 4.98 Å². The number of aliphatic hydroxyl groups excluding tert-OH is 2. The van der Waals surface area contributed by atoms with Gasteiger partial charge in [0.2, 0.25) is 0 Å². The van der Waals surface area contributed by atoms with Crippen LogP contribution in [0.3, 0.4) is 0 Å². The maximum Gasteiger partial charge on any atom is 0.107 e. The fourth-order valence-corrected chi connectivity index (χ4v) is 1.22. The lowest BCUT2D eigenvalue weighted by Gasteiger charge is -2.17. The highest BCUT2D eigenvalue weighted by Crippen LogP contribution is 2.20. The number of hydrogen-bond donors (Lipinski definition) is 2. The minimum Gasteiger partial charge on any atom is -0.390 e. The molecule has 3 heteroatoms. The summed E-state index contributed by atoms with van der Waals surface area (Å²) in [7, 11) is 0. The van der Waals surface area contributed by atoms with E-state index < -0.39 is 12.2 Å². The zero-order valence-electron chi connectivity index (χ0n) is 7.94. The van der Waals surface area contributed by atoms with E-state index in [1.807, 2.05) is 19.9 Å². The molecule has 2 unspecified atom stereocenters. The smallest absolute Gasteiger partial charge is 0.107 e. The monoisotopic (exact) mass is 181 g/mol. The molecule has 0 saturated heterocycles. The van der Waals surface area contributed by atoms with Gasteiger partial charge in [-0.25, -0.2) is 0 Å². The molecule has 72 valence electrons. The number of nitrogens with zero attached hydrogens (tertiary/aromatic N) is 1. The van der Waals surface area contributed by atoms with Crippen molar-refractivity contribution in [3.63, 3.8) is 0 Å². The Labute approximate surface area is 78.1 Å². The molecule has 0 aliphatic heterocycles. The number of hydrogen-bond acceptors (Lipinski definition) is 3. The Morgan fingerprint density at radius 3 is 2.69 bits per heavy atom. The van der Waals surface area contributed by atoms with Crippen molar-refractivity contribution in [2.75, 3.05) is 0 Å². The molecule has 0 aromatic carbocycles. The van der Waals surface area contributed by atoms with Gasteiger partial charge in [0.1, 0.15) is 6.10 Å². The Kier molecular flexibility index (Phi) is 3.39. The van der Waals surface area contributed by atoms with E-state index in [1.54, 1.807) is 12.4 Å². The third kappa shape index (κ3) is 2.26. The summed E-state index contributed by atoms with van der Waals surface area (Å²) < 4.78 is 0. The topological polar surface area (TPSA) is 53.4 Å². The molecule has 0 fully saturated rings. The van der Waals surface area contributed by atoms with E-state index >= 15 is 0 Å². The number of aromatic nitrogens is 1. The van der Waals surface area contributed by atoms with Crippen molar-refractivity contribution in [1.29, 1.82) is 0 Å². The van der Waals surface area contributed by atoms with E-state index in [4.69, 9.17) is 0 Å². The van der Waals surface area contributed by atoms with Crippen LogP contribution in [0.5, 0.6) is 0 Å². The van der Waals surface area contributed by atoms with Gasteiger partial charge in [0, 0.05) is 18.0 Å². The normalized spacial score (nSPS) is 15.4. The first kappa shape index (κ1) is 10.2. The Balaban J connectivity index is 2.88. The average molecular weight is 181 g/mol. The van der Waals surface area contributed by atoms with Gasteiger partial charge in [-0.2, -0.15) is 0 Å². The van der Waals surface area contributed by atoms with Crippen molar-refractivity contribution in [3.8, 4) is 0 Å². The fourth-order valence-electron chi connectivity index (χ4n) is 1.22. The van der Waals surface area contributed by atoms with Crippen molar-refractivity contribution in [2.24, 2.45) is 0 Å². The first-order valence-corrected chi connectivity index (χ1v) is 4.43. The molecule has 1 rings (SSSR count). The average Bonchev–Trinajstić information content (AvgIpc) is 2.16. The van der Waals surface area contributed by atoms with Gasteiger partial charge in [-0.15, -0.1) is 0 Å². The van der Waals surface area contributed by atoms with Crippen LogP contribution in [0.4, 0.5) is 0 Å². The van der Waals surface area contributed by atoms with Crippen molar-refractivity contribution < 1.29 is 10.2 Å². The number of rotatable bonds is 3. The predicted octanol–water partition coefficient (Wildman–Crippen LogP) is 1.19. The molecule has 0 spiro atoms. The maximum absolute atomic E-state index is 9.68. The van der Waals surface area contributed by atoms with Crippen LogP contribution in [0.2, 0.25) is 0 Å². The summed E-state index contributed by atoms with van der Waals surface area (Å²) in [4.78, 5) is 3.91. The zero-order valence-corrected chi connectivity index (χ0v) is 7.94. The van der Waals surface area contributed by atoms with E-state index in [0.717, 1.165) is 5.56 Å². The van der Waals surface area contributed by atoms with Crippen LogP contribution < -0.4 is 0 Å². The Morgan fingerprint density at radius 2 is 2.15 bits per heavy atom. The van der Waals surface area contributed by atoms with E-state index in [-0.39, 0.29) is 0 Å². The molecule has 3 nitrogen and oxygen atoms in total. The Bertz CT molecular complexity index is 275. The fraction of sp³-hybridized carbons (Fsp3) is 0.500. The quantitative estimate of drug-likeness (QED) is 0.736. The Hall–Kier alpha value is -0.930. The summed E-state index contributed by atoms with van der Waals surface area (Å²) in [5.74, 6) is 0. The van der Waals surface area contributed by atoms with Crippen molar-refractivity contribution in [3.05, 3.63) is 29.6 Å². The SMILES string of the molecule is CCC(O)C(O)c1cnccc1C. The highest BCUT2D eigenvalue weighted by molar-refractivity contribution is 5.24. The molecule has 0 radical (unpaired) electrons. The summed E-state index contributed by atoms with van der Waals surface area (Å²) in [5, 5.41) is 19.1. The molecular weight excluding hydrogens is 166 g/mol. The Morgan fingerprint density at radius 1 is 1.46 bits per heavy atom. The van der Waals surface area contributed by atoms with Gasteiger partial charge >= 0.3 is 0 Å². The molecule has 1 heterocycles. The summed E-state index contributed by atoms with van der Waals surface area (Å²) in [5.41, 5.74) is 1.66. The summed E-state index contributed by atoms with van der Waals surface area (Å²) >= 11 is 0. The molecule has 2 N–H and O–H groups in total. The molecule has 0 bridgehead atoms. The van der Waals surface area contributed by atoms with Crippen molar-refractivity contribution in [2.45, 2.75) is 32.5 Å². The highest BCUT2D eigenvalue weighted by Gasteiger charge is 2.17. The second-order valence-corrected chi connectivity index (χ2v) is 3.15. The number of aryl methyl sites for hydroxylation is 1. The summed E-state index contributed by atoms with van der Waals surface area (Å²) in [6, 6.07) is 1.82. The second kappa shape index (κ2) is 4.35. The molecule has 0 aliphatic rings. The summed E-state index contributed by atoms with van der Waals surface area (Å²) in [6.45, 7) is 3.72. The molecule has 13 heavy (non-hydrogen) atoms. The summed E-state index contributed by atoms with van der Waals surface area (Å²) in [6.07, 6.45) is 2.28. The maximum atomic E-state index is 9.68.